The second-order valence-corrected chi connectivity index (χ2v) is 11.3. The van der Waals surface area contributed by atoms with Crippen molar-refractivity contribution in [2.24, 2.45) is 5.92 Å². The molecule has 0 N–H and O–H groups in total. The molecule has 0 aliphatic carbocycles. The van der Waals surface area contributed by atoms with Gasteiger partial charge in [-0.15, -0.1) is 0 Å². The Balaban J connectivity index is 1.29. The van der Waals surface area contributed by atoms with Gasteiger partial charge < -0.3 is 14.2 Å². The summed E-state index contributed by atoms with van der Waals surface area (Å²) in [5, 5.41) is 0. The van der Waals surface area contributed by atoms with Gasteiger partial charge in [0, 0.05) is 23.1 Å². The molecule has 12 heteroatoms. The Morgan fingerprint density at radius 1 is 0.681 bits per heavy atom. The fourth-order valence-corrected chi connectivity index (χ4v) is 5.34. The minimum absolute atomic E-state index is 0.0212. The first-order valence-corrected chi connectivity index (χ1v) is 14.8. The molecular formula is C35H29F9O3. The van der Waals surface area contributed by atoms with E-state index in [9.17, 15) is 35.1 Å². The van der Waals surface area contributed by atoms with E-state index in [2.05, 4.69) is 11.7 Å². The van der Waals surface area contributed by atoms with Crippen molar-refractivity contribution in [3.8, 4) is 28.0 Å². The van der Waals surface area contributed by atoms with Crippen molar-refractivity contribution in [2.45, 2.75) is 51.2 Å². The zero-order chi connectivity index (χ0) is 33.9. The fourth-order valence-electron chi connectivity index (χ4n) is 5.34. The van der Waals surface area contributed by atoms with E-state index in [1.807, 2.05) is 0 Å². The van der Waals surface area contributed by atoms with E-state index < -0.39 is 64.3 Å². The normalized spacial score (nSPS) is 17.1. The van der Waals surface area contributed by atoms with E-state index in [0.29, 0.717) is 48.5 Å². The zero-order valence-electron chi connectivity index (χ0n) is 25.0. The van der Waals surface area contributed by atoms with E-state index in [1.165, 1.54) is 18.6 Å². The third kappa shape index (κ3) is 7.93. The molecule has 47 heavy (non-hydrogen) atoms. The molecule has 1 fully saturated rings. The smallest absolute Gasteiger partial charge is 0.429 e. The Kier molecular flexibility index (Phi) is 10.2. The number of hydrogen-bond acceptors (Lipinski definition) is 3. The van der Waals surface area contributed by atoms with E-state index >= 15 is 4.39 Å². The molecule has 250 valence electrons. The molecule has 4 aromatic carbocycles. The topological polar surface area (TPSA) is 27.7 Å². The maximum atomic E-state index is 15.2. The zero-order valence-corrected chi connectivity index (χ0v) is 25.0. The van der Waals surface area contributed by atoms with Crippen molar-refractivity contribution in [2.75, 3.05) is 13.2 Å². The maximum absolute atomic E-state index is 15.2. The van der Waals surface area contributed by atoms with Crippen molar-refractivity contribution in [3.63, 3.8) is 0 Å². The molecule has 1 aliphatic heterocycles. The van der Waals surface area contributed by atoms with Gasteiger partial charge in [0.15, 0.2) is 6.29 Å². The molecule has 0 unspecified atom stereocenters. The molecule has 0 bridgehead atoms. The monoisotopic (exact) mass is 668 g/mol. The molecular weight excluding hydrogens is 639 g/mol. The third-order valence-electron chi connectivity index (χ3n) is 7.80. The Labute approximate surface area is 264 Å². The van der Waals surface area contributed by atoms with Crippen LogP contribution in [-0.2, 0) is 21.8 Å². The summed E-state index contributed by atoms with van der Waals surface area (Å²) in [6.07, 6.45) is -5.92. The van der Waals surface area contributed by atoms with Crippen LogP contribution < -0.4 is 4.74 Å². The molecule has 4 aromatic rings. The highest BCUT2D eigenvalue weighted by Crippen LogP contribution is 2.40. The lowest BCUT2D eigenvalue weighted by Crippen LogP contribution is -2.27. The minimum atomic E-state index is -5.10. The number of ether oxygens (including phenoxy) is 3. The first kappa shape index (κ1) is 34.3. The third-order valence-corrected chi connectivity index (χ3v) is 7.80. The van der Waals surface area contributed by atoms with Gasteiger partial charge in [0.05, 0.1) is 18.8 Å². The average molecular weight is 669 g/mol. The van der Waals surface area contributed by atoms with Crippen molar-refractivity contribution in [1.29, 1.82) is 0 Å². The number of rotatable bonds is 10. The first-order chi connectivity index (χ1) is 22.3. The van der Waals surface area contributed by atoms with E-state index in [0.717, 1.165) is 30.9 Å². The van der Waals surface area contributed by atoms with E-state index in [4.69, 9.17) is 9.47 Å². The average Bonchev–Trinajstić information content (AvgIpc) is 3.00. The summed E-state index contributed by atoms with van der Waals surface area (Å²) in [5.74, 6) is -7.22. The van der Waals surface area contributed by atoms with E-state index in [1.54, 1.807) is 24.3 Å². The number of halogens is 9. The maximum Gasteiger partial charge on any atom is 0.432 e. The highest BCUT2D eigenvalue weighted by Gasteiger charge is 2.42. The predicted octanol–water partition coefficient (Wildman–Crippen LogP) is 11.0. The lowest BCUT2D eigenvalue weighted by atomic mass is 9.97. The standard InChI is InChI=1S/C35H29F9O3/c1-2-3-4-5-20-18-45-33(46-19-20)22-8-6-21(7-9-22)23-10-12-26(28(36)14-23)24-15-30(38)32(31(39)16-24)35(43,44)47-25-11-13-27(29(37)17-25)34(40,41)42/h6-17,20,33H,2-5,18-19H2,1H3. The van der Waals surface area contributed by atoms with Crippen molar-refractivity contribution < 1.29 is 53.7 Å². The molecule has 0 amide bonds. The molecule has 1 aliphatic rings. The highest BCUT2D eigenvalue weighted by molar-refractivity contribution is 5.71. The van der Waals surface area contributed by atoms with Gasteiger partial charge in [-0.3, -0.25) is 0 Å². The van der Waals surface area contributed by atoms with Crippen LogP contribution in [0, 0.1) is 29.2 Å². The second-order valence-electron chi connectivity index (χ2n) is 11.3. The Morgan fingerprint density at radius 2 is 1.30 bits per heavy atom. The Hall–Kier alpha value is -4.03. The lowest BCUT2D eigenvalue weighted by molar-refractivity contribution is -0.206. The van der Waals surface area contributed by atoms with Crippen LogP contribution in [0.3, 0.4) is 0 Å². The Bertz CT molecular complexity index is 1670. The van der Waals surface area contributed by atoms with Gasteiger partial charge in [-0.1, -0.05) is 62.6 Å². The van der Waals surface area contributed by atoms with Gasteiger partial charge in [-0.25, -0.2) is 17.6 Å². The molecule has 0 saturated carbocycles. The van der Waals surface area contributed by atoms with Crippen molar-refractivity contribution in [1.82, 2.24) is 0 Å². The highest BCUT2D eigenvalue weighted by atomic mass is 19.4. The van der Waals surface area contributed by atoms with Gasteiger partial charge in [0.1, 0.15) is 34.6 Å². The van der Waals surface area contributed by atoms with Crippen LogP contribution >= 0.6 is 0 Å². The van der Waals surface area contributed by atoms with Gasteiger partial charge in [-0.2, -0.15) is 22.0 Å². The lowest BCUT2D eigenvalue weighted by Gasteiger charge is -2.29. The molecule has 5 rings (SSSR count). The number of alkyl halides is 5. The summed E-state index contributed by atoms with van der Waals surface area (Å²) in [6.45, 7) is 3.33. The number of hydrogen-bond donors (Lipinski definition) is 0. The number of unbranched alkanes of at least 4 members (excludes halogenated alkanes) is 2. The SMILES string of the molecule is CCCCCC1COC(c2ccc(-c3ccc(-c4cc(F)c(C(F)(F)Oc5ccc(C(F)(F)F)c(F)c5)c(F)c4)c(F)c3)cc2)OC1. The largest absolute Gasteiger partial charge is 0.432 e. The molecule has 1 heterocycles. The summed E-state index contributed by atoms with van der Waals surface area (Å²) in [5.41, 5.74) is -2.49. The number of benzene rings is 4. The van der Waals surface area contributed by atoms with Crippen LogP contribution in [0.15, 0.2) is 72.8 Å². The van der Waals surface area contributed by atoms with Gasteiger partial charge in [0.25, 0.3) is 0 Å². The van der Waals surface area contributed by atoms with Crippen molar-refractivity contribution >= 4 is 0 Å². The van der Waals surface area contributed by atoms with Crippen molar-refractivity contribution in [3.05, 3.63) is 113 Å². The predicted molar refractivity (Wildman–Crippen MR) is 155 cm³/mol. The Morgan fingerprint density at radius 3 is 1.87 bits per heavy atom. The molecule has 1 saturated heterocycles. The molecule has 0 atom stereocenters. The minimum Gasteiger partial charge on any atom is -0.429 e. The van der Waals surface area contributed by atoms with E-state index in [-0.39, 0.29) is 17.7 Å². The second kappa shape index (κ2) is 14.0. The van der Waals surface area contributed by atoms with Gasteiger partial charge >= 0.3 is 12.3 Å². The summed E-state index contributed by atoms with van der Waals surface area (Å²) in [4.78, 5) is 0. The van der Waals surface area contributed by atoms with Gasteiger partial charge in [-0.05, 0) is 53.4 Å². The summed E-state index contributed by atoms with van der Waals surface area (Å²) in [6, 6.07) is 12.4. The summed E-state index contributed by atoms with van der Waals surface area (Å²) >= 11 is 0. The molecule has 0 radical (unpaired) electrons. The van der Waals surface area contributed by atoms with Crippen LogP contribution in [0.5, 0.6) is 5.75 Å². The van der Waals surface area contributed by atoms with Gasteiger partial charge in [0.2, 0.25) is 0 Å². The first-order valence-electron chi connectivity index (χ1n) is 14.8. The molecule has 3 nitrogen and oxygen atoms in total. The molecule has 0 spiro atoms. The van der Waals surface area contributed by atoms with Crippen LogP contribution in [0.2, 0.25) is 0 Å². The summed E-state index contributed by atoms with van der Waals surface area (Å²) in [7, 11) is 0. The molecule has 0 aromatic heterocycles. The summed E-state index contributed by atoms with van der Waals surface area (Å²) < 4.78 is 143. The van der Waals surface area contributed by atoms with Crippen LogP contribution in [-0.4, -0.2) is 13.2 Å². The van der Waals surface area contributed by atoms with Crippen LogP contribution in [0.25, 0.3) is 22.3 Å². The van der Waals surface area contributed by atoms with Crippen LogP contribution in [0.4, 0.5) is 39.5 Å². The fraction of sp³-hybridized carbons (Fsp3) is 0.314. The van der Waals surface area contributed by atoms with Crippen LogP contribution in [0.1, 0.15) is 55.6 Å². The quantitative estimate of drug-likeness (QED) is 0.124.